The normalized spacial score (nSPS) is 13.9. The van der Waals surface area contributed by atoms with Gasteiger partial charge in [-0.15, -0.1) is 0 Å². The lowest BCUT2D eigenvalue weighted by Crippen LogP contribution is -2.28. The zero-order valence-corrected chi connectivity index (χ0v) is 14.0. The van der Waals surface area contributed by atoms with Crippen molar-refractivity contribution in [1.29, 1.82) is 0 Å². The number of benzene rings is 1. The van der Waals surface area contributed by atoms with Crippen LogP contribution < -0.4 is 20.7 Å². The molecule has 1 aliphatic rings. The molecule has 0 unspecified atom stereocenters. The lowest BCUT2D eigenvalue weighted by Gasteiger charge is -2.16. The molecule has 4 rings (SSSR count). The highest BCUT2D eigenvalue weighted by Gasteiger charge is 2.18. The quantitative estimate of drug-likeness (QED) is 0.628. The number of ether oxygens (including phenoxy) is 1. The van der Waals surface area contributed by atoms with E-state index in [1.165, 1.54) is 6.20 Å². The molecule has 2 aromatic heterocycles. The van der Waals surface area contributed by atoms with Crippen LogP contribution in [0.1, 0.15) is 15.9 Å². The van der Waals surface area contributed by atoms with Gasteiger partial charge in [-0.1, -0.05) is 6.07 Å². The van der Waals surface area contributed by atoms with Gasteiger partial charge in [-0.25, -0.2) is 4.98 Å². The zero-order valence-electron chi connectivity index (χ0n) is 14.0. The van der Waals surface area contributed by atoms with Crippen molar-refractivity contribution in [3.05, 3.63) is 41.6 Å². The van der Waals surface area contributed by atoms with Gasteiger partial charge in [0.1, 0.15) is 29.6 Å². The smallest absolute Gasteiger partial charge is 0.256 e. The maximum atomic E-state index is 12.4. The number of hydrogen-bond acceptors (Lipinski definition) is 6. The van der Waals surface area contributed by atoms with Gasteiger partial charge in [0.05, 0.1) is 18.4 Å². The summed E-state index contributed by atoms with van der Waals surface area (Å²) in [4.78, 5) is 17.0. The van der Waals surface area contributed by atoms with Crippen LogP contribution in [0.25, 0.3) is 5.65 Å². The SMILES string of the molecule is CNc1cc2nc3c(cnn13)C(=O)NCCOc1cc(C)ccc1N2. The maximum absolute atomic E-state index is 12.4. The number of hydrogen-bond donors (Lipinski definition) is 3. The number of carbonyl (C=O) groups excluding carboxylic acids is 1. The molecule has 0 atom stereocenters. The van der Waals surface area contributed by atoms with Gasteiger partial charge in [-0.2, -0.15) is 9.61 Å². The van der Waals surface area contributed by atoms with E-state index in [0.717, 1.165) is 22.8 Å². The lowest BCUT2D eigenvalue weighted by atomic mass is 10.2. The molecule has 3 heterocycles. The second-order valence-corrected chi connectivity index (χ2v) is 5.80. The van der Waals surface area contributed by atoms with E-state index in [2.05, 4.69) is 26.0 Å². The van der Waals surface area contributed by atoms with Crippen LogP contribution in [0.3, 0.4) is 0 Å². The van der Waals surface area contributed by atoms with Gasteiger partial charge >= 0.3 is 0 Å². The Morgan fingerprint density at radius 1 is 1.32 bits per heavy atom. The highest BCUT2D eigenvalue weighted by atomic mass is 16.5. The molecule has 1 aromatic carbocycles. The second-order valence-electron chi connectivity index (χ2n) is 5.80. The molecule has 1 amide bonds. The zero-order chi connectivity index (χ0) is 17.4. The van der Waals surface area contributed by atoms with E-state index in [-0.39, 0.29) is 5.91 Å². The maximum Gasteiger partial charge on any atom is 0.256 e. The van der Waals surface area contributed by atoms with Gasteiger partial charge in [0.2, 0.25) is 0 Å². The largest absolute Gasteiger partial charge is 0.490 e. The highest BCUT2D eigenvalue weighted by molar-refractivity contribution is 6.00. The number of nitrogens with one attached hydrogen (secondary N) is 3. The molecule has 0 aliphatic carbocycles. The first kappa shape index (κ1) is 15.3. The number of aromatic nitrogens is 3. The van der Waals surface area contributed by atoms with Crippen LogP contribution in [0.15, 0.2) is 30.5 Å². The van der Waals surface area contributed by atoms with Crippen molar-refractivity contribution in [3.8, 4) is 5.75 Å². The predicted octanol–water partition coefficient (Wildman–Crippen LogP) is 1.95. The first-order valence-electron chi connectivity index (χ1n) is 8.01. The summed E-state index contributed by atoms with van der Waals surface area (Å²) in [6.45, 7) is 2.77. The van der Waals surface area contributed by atoms with Gasteiger partial charge in [0.25, 0.3) is 5.91 Å². The molecule has 0 spiro atoms. The Labute approximate surface area is 144 Å². The van der Waals surface area contributed by atoms with E-state index in [0.29, 0.717) is 30.2 Å². The van der Waals surface area contributed by atoms with E-state index in [1.54, 1.807) is 11.6 Å². The number of anilines is 3. The summed E-state index contributed by atoms with van der Waals surface area (Å²) in [5.74, 6) is 1.81. The molecule has 25 heavy (non-hydrogen) atoms. The molecule has 0 saturated heterocycles. The topological polar surface area (TPSA) is 92.6 Å². The summed E-state index contributed by atoms with van der Waals surface area (Å²) in [5.41, 5.74) is 2.82. The van der Waals surface area contributed by atoms with Crippen molar-refractivity contribution in [2.24, 2.45) is 0 Å². The van der Waals surface area contributed by atoms with Gasteiger partial charge in [-0.05, 0) is 24.6 Å². The van der Waals surface area contributed by atoms with Crippen LogP contribution in [0.2, 0.25) is 0 Å². The lowest BCUT2D eigenvalue weighted by molar-refractivity contribution is 0.0948. The van der Waals surface area contributed by atoms with E-state index in [9.17, 15) is 4.79 Å². The summed E-state index contributed by atoms with van der Waals surface area (Å²) in [7, 11) is 1.80. The highest BCUT2D eigenvalue weighted by Crippen LogP contribution is 2.30. The van der Waals surface area contributed by atoms with Gasteiger partial charge < -0.3 is 20.7 Å². The van der Waals surface area contributed by atoms with Gasteiger partial charge in [0.15, 0.2) is 5.65 Å². The molecule has 0 fully saturated rings. The average Bonchev–Trinajstić information content (AvgIpc) is 3.03. The molecule has 3 aromatic rings. The Kier molecular flexibility index (Phi) is 3.64. The Morgan fingerprint density at radius 2 is 2.20 bits per heavy atom. The van der Waals surface area contributed by atoms with Crippen molar-refractivity contribution in [2.45, 2.75) is 6.92 Å². The van der Waals surface area contributed by atoms with Crippen LogP contribution in [-0.2, 0) is 0 Å². The third-order valence-corrected chi connectivity index (χ3v) is 4.02. The predicted molar refractivity (Wildman–Crippen MR) is 94.8 cm³/mol. The molecular formula is C17H18N6O2. The Hall–Kier alpha value is -3.29. The molecule has 128 valence electrons. The minimum atomic E-state index is -0.227. The molecule has 0 radical (unpaired) electrons. The van der Waals surface area contributed by atoms with E-state index < -0.39 is 0 Å². The fourth-order valence-electron chi connectivity index (χ4n) is 2.78. The molecule has 1 aliphatic heterocycles. The second kappa shape index (κ2) is 5.97. The Bertz CT molecular complexity index is 965. The van der Waals surface area contributed by atoms with Crippen molar-refractivity contribution < 1.29 is 9.53 Å². The third kappa shape index (κ3) is 2.71. The number of aryl methyl sites for hydroxylation is 1. The van der Waals surface area contributed by atoms with Crippen molar-refractivity contribution in [3.63, 3.8) is 0 Å². The third-order valence-electron chi connectivity index (χ3n) is 4.02. The first-order valence-corrected chi connectivity index (χ1v) is 8.01. The molecule has 0 saturated carbocycles. The number of fused-ring (bicyclic) bond motifs is 2. The summed E-state index contributed by atoms with van der Waals surface area (Å²) in [5, 5.41) is 13.5. The minimum Gasteiger partial charge on any atom is -0.490 e. The van der Waals surface area contributed by atoms with E-state index in [4.69, 9.17) is 4.74 Å². The average molecular weight is 338 g/mol. The van der Waals surface area contributed by atoms with E-state index >= 15 is 0 Å². The number of carbonyl (C=O) groups is 1. The molecule has 2 bridgehead atoms. The summed E-state index contributed by atoms with van der Waals surface area (Å²) < 4.78 is 7.44. The fourth-order valence-corrected chi connectivity index (χ4v) is 2.78. The summed E-state index contributed by atoms with van der Waals surface area (Å²) >= 11 is 0. The summed E-state index contributed by atoms with van der Waals surface area (Å²) in [6, 6.07) is 7.75. The van der Waals surface area contributed by atoms with Gasteiger partial charge in [-0.3, -0.25) is 4.79 Å². The standard InChI is InChI=1S/C17H18N6O2/c1-10-3-4-12-13(7-10)25-6-5-19-17(24)11-9-20-23-15(18-2)8-14(21-12)22-16(11)23/h3-4,7-9,18H,5-6H2,1-2H3,(H,19,24)(H,21,22). The first-order chi connectivity index (χ1) is 12.2. The van der Waals surface area contributed by atoms with Crippen molar-refractivity contribution in [2.75, 3.05) is 30.8 Å². The monoisotopic (exact) mass is 338 g/mol. The summed E-state index contributed by atoms with van der Waals surface area (Å²) in [6.07, 6.45) is 1.52. The van der Waals surface area contributed by atoms with Crippen LogP contribution in [-0.4, -0.2) is 40.7 Å². The van der Waals surface area contributed by atoms with Crippen molar-refractivity contribution in [1.82, 2.24) is 19.9 Å². The Balaban J connectivity index is 1.90. The van der Waals surface area contributed by atoms with Crippen LogP contribution in [0, 0.1) is 6.92 Å². The van der Waals surface area contributed by atoms with E-state index in [1.807, 2.05) is 31.2 Å². The van der Waals surface area contributed by atoms with Crippen molar-refractivity contribution >= 4 is 28.9 Å². The van der Waals surface area contributed by atoms with Crippen LogP contribution in [0.4, 0.5) is 17.3 Å². The molecule has 8 heteroatoms. The number of amides is 1. The molecular weight excluding hydrogens is 320 g/mol. The number of nitrogens with zero attached hydrogens (tertiary/aromatic N) is 3. The van der Waals surface area contributed by atoms with Crippen LogP contribution in [0.5, 0.6) is 5.75 Å². The Morgan fingerprint density at radius 3 is 3.04 bits per heavy atom. The van der Waals surface area contributed by atoms with Crippen LogP contribution >= 0.6 is 0 Å². The fraction of sp³-hybridized carbons (Fsp3) is 0.235. The minimum absolute atomic E-state index is 0.227. The number of rotatable bonds is 1. The molecule has 3 N–H and O–H groups in total. The molecule has 8 nitrogen and oxygen atoms in total. The van der Waals surface area contributed by atoms with Gasteiger partial charge in [0, 0.05) is 13.1 Å².